The van der Waals surface area contributed by atoms with E-state index in [0.717, 1.165) is 5.69 Å². The third-order valence-corrected chi connectivity index (χ3v) is 16.9. The van der Waals surface area contributed by atoms with Crippen molar-refractivity contribution in [1.29, 1.82) is 0 Å². The van der Waals surface area contributed by atoms with E-state index in [1.807, 2.05) is 11.3 Å². The smallest absolute Gasteiger partial charge is 0.0726 e. The van der Waals surface area contributed by atoms with E-state index >= 15 is 0 Å². The van der Waals surface area contributed by atoms with Crippen LogP contribution in [0.25, 0.3) is 97.7 Å². The Bertz CT molecular complexity index is 4250. The Balaban J connectivity index is 0.790. The number of fused-ring (bicyclic) bond motifs is 14. The molecule has 1 aromatic heterocycles. The Morgan fingerprint density at radius 2 is 0.712 bits per heavy atom. The first-order valence-electron chi connectivity index (χ1n) is 25.2. The SMILES string of the molecule is c1ccc2c(c1)-c1ccccc1C21c2ccccc2-c2c(N(c3ccc(-c4ccc(-c5ccc(-c6ccc(-c7ccc8ccccc8c7)cc6)cc5)cc4)cc3)c3cccc4c3sc3ccccc34)cccc21. The molecule has 15 rings (SSSR count). The summed E-state index contributed by atoms with van der Waals surface area (Å²) in [5, 5.41) is 5.11. The summed E-state index contributed by atoms with van der Waals surface area (Å²) in [5.74, 6) is 0. The molecule has 2 aliphatic rings. The number of rotatable bonds is 7. The Morgan fingerprint density at radius 3 is 1.33 bits per heavy atom. The Hall–Kier alpha value is -9.08. The van der Waals surface area contributed by atoms with Crippen molar-refractivity contribution in [2.75, 3.05) is 4.90 Å². The van der Waals surface area contributed by atoms with Crippen molar-refractivity contribution in [2.24, 2.45) is 0 Å². The molecule has 1 heterocycles. The molecule has 0 unspecified atom stereocenters. The summed E-state index contributed by atoms with van der Waals surface area (Å²) < 4.78 is 2.57. The number of thiophene rings is 1. The molecule has 0 radical (unpaired) electrons. The first kappa shape index (κ1) is 41.7. The minimum atomic E-state index is -0.436. The molecule has 13 aromatic rings. The summed E-state index contributed by atoms with van der Waals surface area (Å²) in [6, 6.07) is 101. The fourth-order valence-corrected chi connectivity index (χ4v) is 13.6. The molecule has 0 saturated heterocycles. The molecule has 0 bridgehead atoms. The molecular weight excluding hydrogens is 899 g/mol. The Labute approximate surface area is 429 Å². The second-order valence-electron chi connectivity index (χ2n) is 19.5. The van der Waals surface area contributed by atoms with E-state index in [9.17, 15) is 0 Å². The minimum Gasteiger partial charge on any atom is -0.308 e. The molecule has 73 heavy (non-hydrogen) atoms. The van der Waals surface area contributed by atoms with Crippen LogP contribution < -0.4 is 4.90 Å². The van der Waals surface area contributed by atoms with Gasteiger partial charge in [-0.15, -0.1) is 11.3 Å². The minimum absolute atomic E-state index is 0.436. The Morgan fingerprint density at radius 1 is 0.288 bits per heavy atom. The van der Waals surface area contributed by atoms with Gasteiger partial charge in [-0.05, 0) is 131 Å². The fraction of sp³-hybridized carbons (Fsp3) is 0.0141. The summed E-state index contributed by atoms with van der Waals surface area (Å²) in [7, 11) is 0. The van der Waals surface area contributed by atoms with Crippen LogP contribution in [0.5, 0.6) is 0 Å². The lowest BCUT2D eigenvalue weighted by Crippen LogP contribution is -2.26. The van der Waals surface area contributed by atoms with Gasteiger partial charge in [0.05, 0.1) is 21.5 Å². The lowest BCUT2D eigenvalue weighted by Gasteiger charge is -2.32. The van der Waals surface area contributed by atoms with Crippen molar-refractivity contribution < 1.29 is 0 Å². The van der Waals surface area contributed by atoms with Crippen molar-refractivity contribution in [3.8, 4) is 66.8 Å². The molecule has 2 heteroatoms. The molecule has 0 saturated carbocycles. The molecule has 1 nitrogen and oxygen atoms in total. The van der Waals surface area contributed by atoms with E-state index in [4.69, 9.17) is 0 Å². The molecule has 1 spiro atoms. The lowest BCUT2D eigenvalue weighted by molar-refractivity contribution is 0.794. The lowest BCUT2D eigenvalue weighted by atomic mass is 9.70. The number of benzene rings is 12. The molecule has 2 aliphatic carbocycles. The highest BCUT2D eigenvalue weighted by atomic mass is 32.1. The summed E-state index contributed by atoms with van der Waals surface area (Å²) in [6.07, 6.45) is 0. The first-order chi connectivity index (χ1) is 36.2. The van der Waals surface area contributed by atoms with Gasteiger partial charge in [0.15, 0.2) is 0 Å². The Kier molecular flexibility index (Phi) is 9.42. The van der Waals surface area contributed by atoms with Crippen LogP contribution in [0.1, 0.15) is 22.3 Å². The van der Waals surface area contributed by atoms with Gasteiger partial charge >= 0.3 is 0 Å². The second kappa shape index (κ2) is 16.5. The molecule has 0 N–H and O–H groups in total. The average Bonchev–Trinajstić information content (AvgIpc) is 4.11. The monoisotopic (exact) mass is 943 g/mol. The van der Waals surface area contributed by atoms with Gasteiger partial charge < -0.3 is 4.90 Å². The van der Waals surface area contributed by atoms with Crippen molar-refractivity contribution in [3.63, 3.8) is 0 Å². The highest BCUT2D eigenvalue weighted by molar-refractivity contribution is 7.26. The van der Waals surface area contributed by atoms with Crippen LogP contribution in [0.15, 0.2) is 273 Å². The van der Waals surface area contributed by atoms with E-state index in [1.165, 1.54) is 131 Å². The van der Waals surface area contributed by atoms with Crippen LogP contribution in [0.3, 0.4) is 0 Å². The van der Waals surface area contributed by atoms with Crippen LogP contribution in [-0.2, 0) is 5.41 Å². The predicted molar refractivity (Wildman–Crippen MR) is 310 cm³/mol. The third kappa shape index (κ3) is 6.41. The van der Waals surface area contributed by atoms with Gasteiger partial charge in [0.2, 0.25) is 0 Å². The van der Waals surface area contributed by atoms with E-state index in [0.29, 0.717) is 0 Å². The predicted octanol–water partition coefficient (Wildman–Crippen LogP) is 19.7. The highest BCUT2D eigenvalue weighted by Crippen LogP contribution is 2.65. The third-order valence-electron chi connectivity index (χ3n) is 15.7. The number of anilines is 3. The molecule has 0 atom stereocenters. The maximum Gasteiger partial charge on any atom is 0.0726 e. The van der Waals surface area contributed by atoms with Crippen LogP contribution in [-0.4, -0.2) is 0 Å². The first-order valence-corrected chi connectivity index (χ1v) is 26.0. The van der Waals surface area contributed by atoms with Gasteiger partial charge in [0, 0.05) is 26.7 Å². The van der Waals surface area contributed by atoms with Gasteiger partial charge in [0.1, 0.15) is 0 Å². The molecule has 340 valence electrons. The normalized spacial score (nSPS) is 12.8. The number of hydrogen-bond acceptors (Lipinski definition) is 2. The van der Waals surface area contributed by atoms with E-state index in [2.05, 4.69) is 278 Å². The van der Waals surface area contributed by atoms with E-state index in [-0.39, 0.29) is 0 Å². The molecule has 12 aromatic carbocycles. The second-order valence-corrected chi connectivity index (χ2v) is 20.6. The van der Waals surface area contributed by atoms with Crippen molar-refractivity contribution >= 4 is 59.3 Å². The van der Waals surface area contributed by atoms with Crippen LogP contribution in [0.4, 0.5) is 17.1 Å². The maximum absolute atomic E-state index is 2.54. The number of hydrogen-bond donors (Lipinski definition) is 0. The van der Waals surface area contributed by atoms with Crippen LogP contribution in [0, 0.1) is 0 Å². The van der Waals surface area contributed by atoms with Crippen LogP contribution >= 0.6 is 11.3 Å². The van der Waals surface area contributed by atoms with Gasteiger partial charge in [0.25, 0.3) is 0 Å². The molecule has 0 aliphatic heterocycles. The summed E-state index contributed by atoms with van der Waals surface area (Å²) in [5.41, 5.74) is 23.3. The van der Waals surface area contributed by atoms with Gasteiger partial charge in [-0.2, -0.15) is 0 Å². The molecular formula is C71H45NS. The van der Waals surface area contributed by atoms with Crippen molar-refractivity contribution in [1.82, 2.24) is 0 Å². The standard InChI is InChI=1S/C71H45NS/c1-2-14-54-45-55(40-39-46(54)13-1)53-37-35-50(36-38-53)49-29-27-47(28-30-49)48-31-33-51(34-32-48)52-41-43-56(44-42-52)72(67-25-11-19-60-59-17-6-10-26-68(59)73-70(60)67)66-24-12-23-65-69(66)61-18-5-9-22-64(61)71(65)62-20-7-3-15-57(62)58-16-4-8-21-63(58)71/h1-45H. The average molecular weight is 944 g/mol. The topological polar surface area (TPSA) is 3.24 Å². The quantitative estimate of drug-likeness (QED) is 0.154. The summed E-state index contributed by atoms with van der Waals surface area (Å²) >= 11 is 1.88. The summed E-state index contributed by atoms with van der Waals surface area (Å²) in [4.78, 5) is 2.54. The molecule has 0 amide bonds. The molecule has 0 fully saturated rings. The van der Waals surface area contributed by atoms with Crippen molar-refractivity contribution in [3.05, 3.63) is 295 Å². The van der Waals surface area contributed by atoms with Gasteiger partial charge in [-0.3, -0.25) is 0 Å². The maximum atomic E-state index is 2.54. The highest BCUT2D eigenvalue weighted by Gasteiger charge is 2.52. The van der Waals surface area contributed by atoms with E-state index in [1.54, 1.807) is 0 Å². The zero-order valence-electron chi connectivity index (χ0n) is 39.8. The largest absolute Gasteiger partial charge is 0.308 e. The summed E-state index contributed by atoms with van der Waals surface area (Å²) in [6.45, 7) is 0. The van der Waals surface area contributed by atoms with Gasteiger partial charge in [-0.1, -0.05) is 237 Å². The van der Waals surface area contributed by atoms with Crippen LogP contribution in [0.2, 0.25) is 0 Å². The fourth-order valence-electron chi connectivity index (χ4n) is 12.4. The van der Waals surface area contributed by atoms with Crippen molar-refractivity contribution in [2.45, 2.75) is 5.41 Å². The zero-order chi connectivity index (χ0) is 48.0. The van der Waals surface area contributed by atoms with E-state index < -0.39 is 5.41 Å². The zero-order valence-corrected chi connectivity index (χ0v) is 40.7. The number of nitrogens with zero attached hydrogens (tertiary/aromatic N) is 1. The van der Waals surface area contributed by atoms with Gasteiger partial charge in [-0.25, -0.2) is 0 Å².